The predicted molar refractivity (Wildman–Crippen MR) is 54.3 cm³/mol. The largest absolute Gasteiger partial charge is 0.334 e. The highest BCUT2D eigenvalue weighted by atomic mass is 16.2. The van der Waals surface area contributed by atoms with E-state index in [1.807, 2.05) is 0 Å². The molecular weight excluding hydrogens is 166 g/mol. The van der Waals surface area contributed by atoms with Crippen LogP contribution in [0.25, 0.3) is 0 Å². The number of urea groups is 1. The van der Waals surface area contributed by atoms with E-state index in [4.69, 9.17) is 0 Å². The Hall–Kier alpha value is -0.770. The summed E-state index contributed by atoms with van der Waals surface area (Å²) < 4.78 is 0. The molecule has 0 bridgehead atoms. The molecule has 0 aliphatic rings. The topological polar surface area (TPSA) is 44.4 Å². The van der Waals surface area contributed by atoms with Crippen LogP contribution < -0.4 is 10.7 Å². The third kappa shape index (κ3) is 5.47. The lowest BCUT2D eigenvalue weighted by atomic mass is 10.0. The SMILES string of the molecule is CC[C@@H](NC(=O)NN(C)C)C(C)C. The lowest BCUT2D eigenvalue weighted by molar-refractivity contribution is 0.204. The second kappa shape index (κ2) is 5.80. The van der Waals surface area contributed by atoms with Gasteiger partial charge in [0.25, 0.3) is 0 Å². The third-order valence-electron chi connectivity index (χ3n) is 1.89. The predicted octanol–water partition coefficient (Wildman–Crippen LogP) is 1.20. The van der Waals surface area contributed by atoms with Crippen LogP contribution in [0.2, 0.25) is 0 Å². The number of nitrogens with zero attached hydrogens (tertiary/aromatic N) is 1. The Morgan fingerprint density at radius 1 is 1.38 bits per heavy atom. The first kappa shape index (κ1) is 12.2. The van der Waals surface area contributed by atoms with Gasteiger partial charge in [0.05, 0.1) is 0 Å². The Bertz CT molecular complexity index is 157. The summed E-state index contributed by atoms with van der Waals surface area (Å²) in [4.78, 5) is 11.3. The van der Waals surface area contributed by atoms with Crippen LogP contribution in [0.15, 0.2) is 0 Å². The van der Waals surface area contributed by atoms with Crippen LogP contribution in [0.4, 0.5) is 4.79 Å². The second-order valence-electron chi connectivity index (χ2n) is 3.74. The van der Waals surface area contributed by atoms with Gasteiger partial charge in [-0.1, -0.05) is 20.8 Å². The number of carbonyl (C=O) groups is 1. The summed E-state index contributed by atoms with van der Waals surface area (Å²) in [6, 6.07) is 0.116. The van der Waals surface area contributed by atoms with Crippen LogP contribution >= 0.6 is 0 Å². The minimum Gasteiger partial charge on any atom is -0.334 e. The summed E-state index contributed by atoms with van der Waals surface area (Å²) in [5, 5.41) is 4.53. The fourth-order valence-electron chi connectivity index (χ4n) is 1.14. The van der Waals surface area contributed by atoms with Gasteiger partial charge in [-0.15, -0.1) is 0 Å². The number of carbonyl (C=O) groups excluding carboxylic acids is 1. The number of rotatable bonds is 4. The Morgan fingerprint density at radius 3 is 2.23 bits per heavy atom. The first-order chi connectivity index (χ1) is 5.97. The van der Waals surface area contributed by atoms with Gasteiger partial charge in [0.1, 0.15) is 0 Å². The van der Waals surface area contributed by atoms with E-state index in [1.165, 1.54) is 0 Å². The number of hydrogen-bond acceptors (Lipinski definition) is 2. The molecule has 0 heterocycles. The highest BCUT2D eigenvalue weighted by Gasteiger charge is 2.13. The van der Waals surface area contributed by atoms with E-state index in [2.05, 4.69) is 31.5 Å². The van der Waals surface area contributed by atoms with Gasteiger partial charge >= 0.3 is 6.03 Å². The van der Waals surface area contributed by atoms with Crippen molar-refractivity contribution in [1.29, 1.82) is 0 Å². The monoisotopic (exact) mass is 187 g/mol. The van der Waals surface area contributed by atoms with Crippen molar-refractivity contribution < 1.29 is 4.79 Å². The van der Waals surface area contributed by atoms with Crippen LogP contribution in [0, 0.1) is 5.92 Å². The van der Waals surface area contributed by atoms with Crippen molar-refractivity contribution in [3.05, 3.63) is 0 Å². The Morgan fingerprint density at radius 2 is 1.92 bits per heavy atom. The van der Waals surface area contributed by atoms with Crippen LogP contribution in [0.5, 0.6) is 0 Å². The maximum Gasteiger partial charge on any atom is 0.329 e. The van der Waals surface area contributed by atoms with E-state index in [9.17, 15) is 4.79 Å². The van der Waals surface area contributed by atoms with Gasteiger partial charge in [0.2, 0.25) is 0 Å². The maximum atomic E-state index is 11.3. The molecule has 0 unspecified atom stereocenters. The molecule has 0 aromatic rings. The van der Waals surface area contributed by atoms with Crippen molar-refractivity contribution in [2.45, 2.75) is 33.2 Å². The highest BCUT2D eigenvalue weighted by Crippen LogP contribution is 2.04. The molecule has 0 aromatic carbocycles. The minimum absolute atomic E-state index is 0.134. The first-order valence-electron chi connectivity index (χ1n) is 4.71. The minimum atomic E-state index is -0.134. The first-order valence-corrected chi connectivity index (χ1v) is 4.71. The molecule has 1 atom stereocenters. The molecule has 0 saturated carbocycles. The Balaban J connectivity index is 3.87. The van der Waals surface area contributed by atoms with Crippen molar-refractivity contribution in [1.82, 2.24) is 15.8 Å². The van der Waals surface area contributed by atoms with Gasteiger partial charge in [0, 0.05) is 20.1 Å². The zero-order valence-electron chi connectivity index (χ0n) is 9.22. The molecule has 0 aliphatic heterocycles. The molecule has 0 radical (unpaired) electrons. The van der Waals surface area contributed by atoms with Crippen molar-refractivity contribution in [2.24, 2.45) is 5.92 Å². The summed E-state index contributed by atoms with van der Waals surface area (Å²) in [5.74, 6) is 0.470. The van der Waals surface area contributed by atoms with E-state index in [0.717, 1.165) is 6.42 Å². The fraction of sp³-hybridized carbons (Fsp3) is 0.889. The second-order valence-corrected chi connectivity index (χ2v) is 3.74. The number of hydrogen-bond donors (Lipinski definition) is 2. The average Bonchev–Trinajstić information content (AvgIpc) is 1.98. The number of hydrazine groups is 1. The van der Waals surface area contributed by atoms with Crippen LogP contribution in [-0.4, -0.2) is 31.2 Å². The zero-order valence-corrected chi connectivity index (χ0v) is 9.22. The molecule has 0 spiro atoms. The lowest BCUT2D eigenvalue weighted by Crippen LogP contribution is -2.48. The standard InChI is InChI=1S/C9H21N3O/c1-6-8(7(2)3)10-9(13)11-12(4)5/h7-8H,6H2,1-5H3,(H2,10,11,13)/t8-/m1/s1. The molecule has 2 N–H and O–H groups in total. The molecule has 0 fully saturated rings. The lowest BCUT2D eigenvalue weighted by Gasteiger charge is -2.22. The number of amides is 2. The van der Waals surface area contributed by atoms with E-state index < -0.39 is 0 Å². The van der Waals surface area contributed by atoms with Crippen molar-refractivity contribution in [2.75, 3.05) is 14.1 Å². The maximum absolute atomic E-state index is 11.3. The summed E-state index contributed by atoms with van der Waals surface area (Å²) >= 11 is 0. The normalized spacial score (nSPS) is 13.2. The molecule has 2 amide bonds. The highest BCUT2D eigenvalue weighted by molar-refractivity contribution is 5.73. The molecule has 13 heavy (non-hydrogen) atoms. The third-order valence-corrected chi connectivity index (χ3v) is 1.89. The quantitative estimate of drug-likeness (QED) is 0.649. The summed E-state index contributed by atoms with van der Waals surface area (Å²) in [6.07, 6.45) is 0.957. The summed E-state index contributed by atoms with van der Waals surface area (Å²) in [7, 11) is 3.58. The molecule has 0 rings (SSSR count). The average molecular weight is 187 g/mol. The molecule has 0 aliphatic carbocycles. The molecule has 4 nitrogen and oxygen atoms in total. The van der Waals surface area contributed by atoms with Crippen molar-refractivity contribution >= 4 is 6.03 Å². The van der Waals surface area contributed by atoms with Gasteiger partial charge in [-0.3, -0.25) is 5.43 Å². The number of nitrogens with one attached hydrogen (secondary N) is 2. The van der Waals surface area contributed by atoms with E-state index in [1.54, 1.807) is 19.1 Å². The Kier molecular flexibility index (Phi) is 5.46. The fourth-order valence-corrected chi connectivity index (χ4v) is 1.14. The van der Waals surface area contributed by atoms with E-state index >= 15 is 0 Å². The molecule has 4 heteroatoms. The summed E-state index contributed by atoms with van der Waals surface area (Å²) in [5.41, 5.74) is 2.65. The van der Waals surface area contributed by atoms with Crippen molar-refractivity contribution in [3.8, 4) is 0 Å². The van der Waals surface area contributed by atoms with Gasteiger partial charge in [-0.05, 0) is 12.3 Å². The Labute approximate surface area is 80.7 Å². The molecular formula is C9H21N3O. The van der Waals surface area contributed by atoms with Gasteiger partial charge in [0.15, 0.2) is 0 Å². The van der Waals surface area contributed by atoms with E-state index in [-0.39, 0.29) is 12.1 Å². The smallest absolute Gasteiger partial charge is 0.329 e. The van der Waals surface area contributed by atoms with Crippen LogP contribution in [-0.2, 0) is 0 Å². The van der Waals surface area contributed by atoms with Gasteiger partial charge in [-0.25, -0.2) is 9.80 Å². The summed E-state index contributed by atoms with van der Waals surface area (Å²) in [6.45, 7) is 6.27. The van der Waals surface area contributed by atoms with E-state index in [0.29, 0.717) is 5.92 Å². The van der Waals surface area contributed by atoms with Gasteiger partial charge in [-0.2, -0.15) is 0 Å². The van der Waals surface area contributed by atoms with Gasteiger partial charge < -0.3 is 5.32 Å². The zero-order chi connectivity index (χ0) is 10.4. The van der Waals surface area contributed by atoms with Crippen LogP contribution in [0.3, 0.4) is 0 Å². The molecule has 0 saturated heterocycles. The van der Waals surface area contributed by atoms with Crippen molar-refractivity contribution in [3.63, 3.8) is 0 Å². The van der Waals surface area contributed by atoms with Crippen LogP contribution in [0.1, 0.15) is 27.2 Å². The molecule has 0 aromatic heterocycles. The molecule has 78 valence electrons.